The van der Waals surface area contributed by atoms with Gasteiger partial charge in [-0.05, 0) is 66.4 Å². The number of rotatable bonds is 11. The second kappa shape index (κ2) is 12.9. The third kappa shape index (κ3) is 7.44. The Morgan fingerprint density at radius 3 is 2.46 bits per heavy atom. The van der Waals surface area contributed by atoms with Gasteiger partial charge < -0.3 is 10.2 Å². The van der Waals surface area contributed by atoms with Crippen molar-refractivity contribution in [1.29, 1.82) is 0 Å². The molecule has 0 bridgehead atoms. The first-order valence-corrected chi connectivity index (χ1v) is 17.3. The number of nitrogens with one attached hydrogen (secondary N) is 2. The first-order valence-electron chi connectivity index (χ1n) is 13.6. The van der Waals surface area contributed by atoms with E-state index in [4.69, 9.17) is 11.6 Å². The van der Waals surface area contributed by atoms with Crippen LogP contribution in [0.2, 0.25) is 5.02 Å². The highest BCUT2D eigenvalue weighted by Crippen LogP contribution is 2.30. The van der Waals surface area contributed by atoms with Crippen molar-refractivity contribution >= 4 is 47.9 Å². The smallest absolute Gasteiger partial charge is 0.241 e. The molecule has 0 atom stereocenters. The van der Waals surface area contributed by atoms with Gasteiger partial charge in [-0.2, -0.15) is 0 Å². The fraction of sp³-hybridized carbons (Fsp3) is 0.300. The summed E-state index contributed by atoms with van der Waals surface area (Å²) in [6, 6.07) is 20.8. The molecule has 0 spiro atoms. The lowest BCUT2D eigenvalue weighted by Gasteiger charge is -2.30. The molecule has 3 aromatic carbocycles. The molecule has 0 unspecified atom stereocenters. The summed E-state index contributed by atoms with van der Waals surface area (Å²) >= 11 is 6.25. The maximum atomic E-state index is 13.3. The lowest BCUT2D eigenvalue weighted by molar-refractivity contribution is 0.574. The molecule has 41 heavy (non-hydrogen) atoms. The van der Waals surface area contributed by atoms with Crippen molar-refractivity contribution < 1.29 is 16.8 Å². The van der Waals surface area contributed by atoms with E-state index in [9.17, 15) is 16.8 Å². The van der Waals surface area contributed by atoms with Crippen LogP contribution < -0.4 is 14.9 Å². The number of hydrogen-bond acceptors (Lipinski definition) is 7. The zero-order valence-corrected chi connectivity index (χ0v) is 25.0. The third-order valence-corrected chi connectivity index (χ3v) is 10.6. The summed E-state index contributed by atoms with van der Waals surface area (Å²) in [6.45, 7) is 2.37. The van der Waals surface area contributed by atoms with Gasteiger partial charge in [0.15, 0.2) is 9.84 Å². The predicted octanol–water partition coefficient (Wildman–Crippen LogP) is 4.29. The predicted molar refractivity (Wildman–Crippen MR) is 166 cm³/mol. The highest BCUT2D eigenvalue weighted by atomic mass is 35.5. The van der Waals surface area contributed by atoms with E-state index >= 15 is 0 Å². The SMILES string of the molecule is O=S1(=O)CCN(c2cc(Cl)ccc2CCCNCCNS(=O)(=O)c2cc(-c3ccccc3)cc3cnccc23)CC1. The minimum atomic E-state index is -3.76. The summed E-state index contributed by atoms with van der Waals surface area (Å²) in [5, 5.41) is 5.34. The van der Waals surface area contributed by atoms with Gasteiger partial charge in [-0.25, -0.2) is 21.6 Å². The van der Waals surface area contributed by atoms with Crippen LogP contribution in [0, 0.1) is 0 Å². The molecule has 4 aromatic rings. The van der Waals surface area contributed by atoms with Crippen LogP contribution in [-0.4, -0.2) is 66.0 Å². The summed E-state index contributed by atoms with van der Waals surface area (Å²) in [5.41, 5.74) is 3.86. The van der Waals surface area contributed by atoms with E-state index in [1.807, 2.05) is 54.6 Å². The van der Waals surface area contributed by atoms with E-state index in [1.165, 1.54) is 0 Å². The standard InChI is InChI=1S/C30H33ClN4O4S2/c31-27-9-8-24(29(21-27)35-15-17-40(36,37)18-16-35)7-4-11-32-13-14-34-41(38,39)30-20-25(23-5-2-1-3-6-23)19-26-22-33-12-10-28(26)30/h1-3,5-6,8-10,12,19-22,32,34H,4,7,11,13-18H2. The normalized spacial score (nSPS) is 15.3. The molecular weight excluding hydrogens is 580 g/mol. The number of aromatic nitrogens is 1. The number of benzene rings is 3. The molecule has 1 fully saturated rings. The van der Waals surface area contributed by atoms with Crippen LogP contribution in [0.1, 0.15) is 12.0 Å². The molecule has 2 N–H and O–H groups in total. The van der Waals surface area contributed by atoms with Crippen LogP contribution in [0.15, 0.2) is 84.0 Å². The van der Waals surface area contributed by atoms with Gasteiger partial charge in [0.2, 0.25) is 10.0 Å². The molecule has 1 aromatic heterocycles. The average Bonchev–Trinajstić information content (AvgIpc) is 2.97. The van der Waals surface area contributed by atoms with Gasteiger partial charge >= 0.3 is 0 Å². The van der Waals surface area contributed by atoms with Crippen molar-refractivity contribution in [3.05, 3.63) is 89.7 Å². The number of sulfone groups is 1. The maximum absolute atomic E-state index is 13.3. The van der Waals surface area contributed by atoms with Crippen LogP contribution in [0.3, 0.4) is 0 Å². The van der Waals surface area contributed by atoms with E-state index < -0.39 is 19.9 Å². The second-order valence-electron chi connectivity index (χ2n) is 10.1. The van der Waals surface area contributed by atoms with E-state index in [0.717, 1.165) is 40.6 Å². The fourth-order valence-corrected chi connectivity index (χ4v) is 7.72. The van der Waals surface area contributed by atoms with Crippen molar-refractivity contribution in [2.45, 2.75) is 17.7 Å². The van der Waals surface area contributed by atoms with Gasteiger partial charge in [-0.15, -0.1) is 0 Å². The lowest BCUT2D eigenvalue weighted by Crippen LogP contribution is -2.40. The number of nitrogens with zero attached hydrogens (tertiary/aromatic N) is 2. The number of hydrogen-bond donors (Lipinski definition) is 2. The van der Waals surface area contributed by atoms with Crippen molar-refractivity contribution in [2.24, 2.45) is 0 Å². The van der Waals surface area contributed by atoms with Gasteiger partial charge in [0, 0.05) is 60.1 Å². The van der Waals surface area contributed by atoms with E-state index in [1.54, 1.807) is 24.5 Å². The van der Waals surface area contributed by atoms with Crippen molar-refractivity contribution in [3.8, 4) is 11.1 Å². The molecule has 216 valence electrons. The molecule has 0 radical (unpaired) electrons. The summed E-state index contributed by atoms with van der Waals surface area (Å²) in [5.74, 6) is 0.305. The zero-order chi connectivity index (χ0) is 28.9. The average molecular weight is 613 g/mol. The van der Waals surface area contributed by atoms with Crippen LogP contribution in [0.5, 0.6) is 0 Å². The second-order valence-corrected chi connectivity index (χ2v) is 14.6. The summed E-state index contributed by atoms with van der Waals surface area (Å²) in [4.78, 5) is 6.51. The monoisotopic (exact) mass is 612 g/mol. The van der Waals surface area contributed by atoms with Gasteiger partial charge in [0.1, 0.15) is 0 Å². The molecule has 0 amide bonds. The molecule has 0 aliphatic carbocycles. The molecule has 1 aliphatic heterocycles. The van der Waals surface area contributed by atoms with Gasteiger partial charge in [-0.1, -0.05) is 48.0 Å². The first kappa shape index (κ1) is 29.5. The molecule has 2 heterocycles. The van der Waals surface area contributed by atoms with Crippen molar-refractivity contribution in [2.75, 3.05) is 49.1 Å². The molecule has 5 rings (SSSR count). The number of halogens is 1. The zero-order valence-electron chi connectivity index (χ0n) is 22.6. The number of aryl methyl sites for hydroxylation is 1. The molecule has 0 saturated carbocycles. The summed E-state index contributed by atoms with van der Waals surface area (Å²) in [6.07, 6.45) is 4.91. The topological polar surface area (TPSA) is 108 Å². The third-order valence-electron chi connectivity index (χ3n) is 7.24. The van der Waals surface area contributed by atoms with Crippen molar-refractivity contribution in [3.63, 3.8) is 0 Å². The van der Waals surface area contributed by atoms with Gasteiger partial charge in [0.25, 0.3) is 0 Å². The molecule has 11 heteroatoms. The first-order chi connectivity index (χ1) is 19.7. The Kier molecular flexibility index (Phi) is 9.25. The highest BCUT2D eigenvalue weighted by Gasteiger charge is 2.23. The fourth-order valence-electron chi connectivity index (χ4n) is 5.07. The van der Waals surface area contributed by atoms with E-state index in [2.05, 4.69) is 19.9 Å². The molecular formula is C30H33ClN4O4S2. The Hall–Kier alpha value is -3.02. The molecule has 1 saturated heterocycles. The molecule has 1 aliphatic rings. The van der Waals surface area contributed by atoms with Crippen LogP contribution in [0.4, 0.5) is 5.69 Å². The summed E-state index contributed by atoms with van der Waals surface area (Å²) in [7, 11) is -6.73. The summed E-state index contributed by atoms with van der Waals surface area (Å²) < 4.78 is 53.1. The molecule has 8 nitrogen and oxygen atoms in total. The Labute approximate surface area is 246 Å². The van der Waals surface area contributed by atoms with E-state index in [0.29, 0.717) is 36.6 Å². The number of anilines is 1. The number of pyridine rings is 1. The van der Waals surface area contributed by atoms with Crippen LogP contribution >= 0.6 is 11.6 Å². The Morgan fingerprint density at radius 2 is 1.68 bits per heavy atom. The Bertz CT molecular complexity index is 1720. The van der Waals surface area contributed by atoms with Crippen molar-refractivity contribution in [1.82, 2.24) is 15.0 Å². The van der Waals surface area contributed by atoms with Gasteiger partial charge in [-0.3, -0.25) is 4.98 Å². The van der Waals surface area contributed by atoms with Crippen LogP contribution in [-0.2, 0) is 26.3 Å². The van der Waals surface area contributed by atoms with Gasteiger partial charge in [0.05, 0.1) is 16.4 Å². The quantitative estimate of drug-likeness (QED) is 0.243. The lowest BCUT2D eigenvalue weighted by atomic mass is 10.0. The largest absolute Gasteiger partial charge is 0.369 e. The number of sulfonamides is 1. The minimum absolute atomic E-state index is 0.152. The minimum Gasteiger partial charge on any atom is -0.369 e. The van der Waals surface area contributed by atoms with Crippen LogP contribution in [0.25, 0.3) is 21.9 Å². The van der Waals surface area contributed by atoms with E-state index in [-0.39, 0.29) is 22.9 Å². The number of fused-ring (bicyclic) bond motifs is 1. The Morgan fingerprint density at radius 1 is 0.902 bits per heavy atom. The maximum Gasteiger partial charge on any atom is 0.241 e. The highest BCUT2D eigenvalue weighted by molar-refractivity contribution is 7.91. The Balaban J connectivity index is 1.16.